The smallest absolute Gasteiger partial charge is 0.325 e. The van der Waals surface area contributed by atoms with Crippen LogP contribution >= 0.6 is 0 Å². The fraction of sp³-hybridized carbons (Fsp3) is 0.286. The maximum absolute atomic E-state index is 11.9. The molecule has 0 radical (unpaired) electrons. The predicted molar refractivity (Wildman–Crippen MR) is 71.5 cm³/mol. The number of ether oxygens (including phenoxy) is 1. The predicted octanol–water partition coefficient (Wildman–Crippen LogP) is 0.208. The van der Waals surface area contributed by atoms with Crippen LogP contribution < -0.4 is 11.1 Å². The van der Waals surface area contributed by atoms with Gasteiger partial charge in [0.25, 0.3) is 5.91 Å². The molecule has 1 rings (SSSR count). The van der Waals surface area contributed by atoms with Crippen LogP contribution in [0.5, 0.6) is 0 Å². The van der Waals surface area contributed by atoms with Crippen LogP contribution in [0.4, 0.5) is 0 Å². The van der Waals surface area contributed by atoms with Crippen LogP contribution in [0.15, 0.2) is 18.2 Å². The van der Waals surface area contributed by atoms with Crippen molar-refractivity contribution in [2.24, 2.45) is 5.73 Å². The highest BCUT2D eigenvalue weighted by Crippen LogP contribution is 2.10. The van der Waals surface area contributed by atoms with Gasteiger partial charge in [0.05, 0.1) is 19.2 Å². The van der Waals surface area contributed by atoms with Crippen molar-refractivity contribution >= 4 is 11.9 Å². The molecule has 19 heavy (non-hydrogen) atoms. The Balaban J connectivity index is 2.92. The van der Waals surface area contributed by atoms with Crippen LogP contribution in [0.2, 0.25) is 0 Å². The lowest BCUT2D eigenvalue weighted by Gasteiger charge is -2.07. The summed E-state index contributed by atoms with van der Waals surface area (Å²) in [5, 5.41) is 2.47. The average Bonchev–Trinajstić information content (AvgIpc) is 2.42. The summed E-state index contributed by atoms with van der Waals surface area (Å²) >= 11 is 0. The molecule has 1 aromatic carbocycles. The molecule has 0 aliphatic carbocycles. The minimum Gasteiger partial charge on any atom is -0.468 e. The zero-order chi connectivity index (χ0) is 14.3. The van der Waals surface area contributed by atoms with Crippen molar-refractivity contribution in [2.45, 2.75) is 6.92 Å². The molecule has 5 heteroatoms. The molecule has 100 valence electrons. The molecule has 0 aromatic heterocycles. The number of benzene rings is 1. The number of carbonyl (C=O) groups excluding carboxylic acids is 2. The molecule has 0 saturated heterocycles. The summed E-state index contributed by atoms with van der Waals surface area (Å²) in [4.78, 5) is 22.9. The van der Waals surface area contributed by atoms with E-state index in [0.717, 1.165) is 5.56 Å². The second kappa shape index (κ2) is 7.19. The Hall–Kier alpha value is -2.32. The number of nitrogens with one attached hydrogen (secondary N) is 1. The monoisotopic (exact) mass is 260 g/mol. The highest BCUT2D eigenvalue weighted by atomic mass is 16.5. The largest absolute Gasteiger partial charge is 0.468 e. The van der Waals surface area contributed by atoms with E-state index < -0.39 is 5.97 Å². The first-order valence-electron chi connectivity index (χ1n) is 5.73. The van der Waals surface area contributed by atoms with Crippen molar-refractivity contribution in [3.05, 3.63) is 34.9 Å². The standard InChI is InChI=1S/C14H16N2O3/c1-10-5-6-12(11(8-10)4-3-7-15)14(18)16-9-13(17)19-2/h5-6,8H,7,9,15H2,1-2H3,(H,16,18). The molecule has 0 fully saturated rings. The van der Waals surface area contributed by atoms with Crippen molar-refractivity contribution < 1.29 is 14.3 Å². The summed E-state index contributed by atoms with van der Waals surface area (Å²) in [5.41, 5.74) is 7.32. The molecule has 0 heterocycles. The van der Waals surface area contributed by atoms with Gasteiger partial charge in [-0.05, 0) is 24.6 Å². The fourth-order valence-electron chi connectivity index (χ4n) is 1.43. The Morgan fingerprint density at radius 1 is 1.42 bits per heavy atom. The third-order valence-electron chi connectivity index (χ3n) is 2.37. The van der Waals surface area contributed by atoms with E-state index in [4.69, 9.17) is 5.73 Å². The van der Waals surface area contributed by atoms with E-state index in [1.54, 1.807) is 18.2 Å². The van der Waals surface area contributed by atoms with E-state index in [2.05, 4.69) is 21.9 Å². The van der Waals surface area contributed by atoms with E-state index in [0.29, 0.717) is 11.1 Å². The number of hydrogen-bond donors (Lipinski definition) is 2. The van der Waals surface area contributed by atoms with Gasteiger partial charge >= 0.3 is 5.97 Å². The van der Waals surface area contributed by atoms with Crippen LogP contribution in [0, 0.1) is 18.8 Å². The number of amides is 1. The van der Waals surface area contributed by atoms with Crippen LogP contribution in [-0.4, -0.2) is 32.1 Å². The molecule has 5 nitrogen and oxygen atoms in total. The van der Waals surface area contributed by atoms with Crippen molar-refractivity contribution in [2.75, 3.05) is 20.2 Å². The van der Waals surface area contributed by atoms with E-state index in [9.17, 15) is 9.59 Å². The first-order valence-corrected chi connectivity index (χ1v) is 5.73. The highest BCUT2D eigenvalue weighted by molar-refractivity contribution is 5.98. The molecule has 0 aliphatic rings. The molecule has 0 bridgehead atoms. The van der Waals surface area contributed by atoms with Gasteiger partial charge in [0, 0.05) is 5.56 Å². The molecule has 0 atom stereocenters. The third-order valence-corrected chi connectivity index (χ3v) is 2.37. The lowest BCUT2D eigenvalue weighted by molar-refractivity contribution is -0.139. The van der Waals surface area contributed by atoms with Gasteiger partial charge in [0.2, 0.25) is 0 Å². The van der Waals surface area contributed by atoms with Gasteiger partial charge in [-0.15, -0.1) is 0 Å². The van der Waals surface area contributed by atoms with Crippen molar-refractivity contribution in [1.29, 1.82) is 0 Å². The zero-order valence-corrected chi connectivity index (χ0v) is 10.9. The molecule has 0 aliphatic heterocycles. The number of rotatable bonds is 3. The van der Waals surface area contributed by atoms with Gasteiger partial charge in [-0.25, -0.2) is 0 Å². The first kappa shape index (κ1) is 14.7. The molecule has 0 spiro atoms. The molecule has 1 aromatic rings. The van der Waals surface area contributed by atoms with Crippen molar-refractivity contribution in [1.82, 2.24) is 5.32 Å². The van der Waals surface area contributed by atoms with Gasteiger partial charge in [0.1, 0.15) is 6.54 Å². The lowest BCUT2D eigenvalue weighted by Crippen LogP contribution is -2.30. The second-order valence-corrected chi connectivity index (χ2v) is 3.81. The number of methoxy groups -OCH3 is 1. The molecule has 3 N–H and O–H groups in total. The van der Waals surface area contributed by atoms with Crippen LogP contribution in [0.1, 0.15) is 21.5 Å². The molecule has 1 amide bonds. The minimum absolute atomic E-state index is 0.174. The molecular formula is C14H16N2O3. The minimum atomic E-state index is -0.505. The van der Waals surface area contributed by atoms with Crippen molar-refractivity contribution in [3.63, 3.8) is 0 Å². The lowest BCUT2D eigenvalue weighted by atomic mass is 10.0. The van der Waals surface area contributed by atoms with Gasteiger partial charge in [-0.2, -0.15) is 0 Å². The normalized spacial score (nSPS) is 9.21. The molecule has 0 unspecified atom stereocenters. The maximum atomic E-state index is 11.9. The average molecular weight is 260 g/mol. The van der Waals surface area contributed by atoms with Gasteiger partial charge in [0.15, 0.2) is 0 Å². The molecular weight excluding hydrogens is 244 g/mol. The van der Waals surface area contributed by atoms with Gasteiger partial charge in [-0.3, -0.25) is 9.59 Å². The van der Waals surface area contributed by atoms with Crippen LogP contribution in [0.3, 0.4) is 0 Å². The van der Waals surface area contributed by atoms with Crippen molar-refractivity contribution in [3.8, 4) is 11.8 Å². The zero-order valence-electron chi connectivity index (χ0n) is 10.9. The summed E-state index contributed by atoms with van der Waals surface area (Å²) < 4.78 is 4.45. The van der Waals surface area contributed by atoms with E-state index in [1.807, 2.05) is 6.92 Å². The fourth-order valence-corrected chi connectivity index (χ4v) is 1.43. The quantitative estimate of drug-likeness (QED) is 0.601. The Morgan fingerprint density at radius 2 is 2.16 bits per heavy atom. The van der Waals surface area contributed by atoms with Crippen LogP contribution in [-0.2, 0) is 9.53 Å². The number of aryl methyl sites for hydroxylation is 1. The summed E-state index contributed by atoms with van der Waals surface area (Å²) in [6, 6.07) is 5.28. The Bertz CT molecular complexity index is 541. The Morgan fingerprint density at radius 3 is 2.79 bits per heavy atom. The van der Waals surface area contributed by atoms with E-state index >= 15 is 0 Å². The Kier molecular flexibility index (Phi) is 5.58. The third kappa shape index (κ3) is 4.45. The van der Waals surface area contributed by atoms with Gasteiger partial charge in [-0.1, -0.05) is 17.9 Å². The number of carbonyl (C=O) groups is 2. The summed E-state index contributed by atoms with van der Waals surface area (Å²) in [6.45, 7) is 1.95. The number of hydrogen-bond acceptors (Lipinski definition) is 4. The number of nitrogens with two attached hydrogens (primary N) is 1. The van der Waals surface area contributed by atoms with E-state index in [-0.39, 0.29) is 19.0 Å². The van der Waals surface area contributed by atoms with E-state index in [1.165, 1.54) is 7.11 Å². The summed E-state index contributed by atoms with van der Waals surface area (Å²) in [6.07, 6.45) is 0. The van der Waals surface area contributed by atoms with Crippen LogP contribution in [0.25, 0.3) is 0 Å². The van der Waals surface area contributed by atoms with Gasteiger partial charge < -0.3 is 15.8 Å². The first-order chi connectivity index (χ1) is 9.08. The highest BCUT2D eigenvalue weighted by Gasteiger charge is 2.11. The maximum Gasteiger partial charge on any atom is 0.325 e. The Labute approximate surface area is 112 Å². The molecule has 0 saturated carbocycles. The second-order valence-electron chi connectivity index (χ2n) is 3.81. The topological polar surface area (TPSA) is 81.4 Å². The summed E-state index contributed by atoms with van der Waals surface area (Å²) in [7, 11) is 1.26. The SMILES string of the molecule is COC(=O)CNC(=O)c1ccc(C)cc1C#CCN. The number of esters is 1. The summed E-state index contributed by atoms with van der Waals surface area (Å²) in [5.74, 6) is 4.68.